The lowest BCUT2D eigenvalue weighted by Crippen LogP contribution is -2.33. The summed E-state index contributed by atoms with van der Waals surface area (Å²) in [4.78, 5) is 26.5. The van der Waals surface area contributed by atoms with Crippen molar-refractivity contribution in [2.45, 2.75) is 33.2 Å². The van der Waals surface area contributed by atoms with E-state index in [1.165, 1.54) is 6.07 Å². The van der Waals surface area contributed by atoms with Crippen molar-refractivity contribution in [2.75, 3.05) is 18.2 Å². The minimum absolute atomic E-state index is 0.202. The van der Waals surface area contributed by atoms with E-state index in [0.29, 0.717) is 39.7 Å². The van der Waals surface area contributed by atoms with Crippen LogP contribution < -0.4 is 15.3 Å². The molecule has 0 amide bonds. The molecule has 0 bridgehead atoms. The van der Waals surface area contributed by atoms with Crippen molar-refractivity contribution in [3.8, 4) is 5.75 Å². The lowest BCUT2D eigenvalue weighted by molar-refractivity contribution is 0.0527. The maximum absolute atomic E-state index is 12.4. The smallest absolute Gasteiger partial charge is 0.340 e. The molecule has 0 aliphatic carbocycles. The highest BCUT2D eigenvalue weighted by Crippen LogP contribution is 2.40. The highest BCUT2D eigenvalue weighted by Gasteiger charge is 2.27. The second-order valence-electron chi connectivity index (χ2n) is 7.09. The quantitative estimate of drug-likeness (QED) is 0.424. The van der Waals surface area contributed by atoms with E-state index in [9.17, 15) is 9.59 Å². The number of rotatable bonds is 5. The number of aryl methyl sites for hydroxylation is 1. The number of carbonyl (C=O) groups excluding carboxylic acids is 1. The zero-order chi connectivity index (χ0) is 21.3. The molecule has 1 aliphatic rings. The fourth-order valence-electron chi connectivity index (χ4n) is 3.81. The van der Waals surface area contributed by atoms with Crippen LogP contribution in [-0.4, -0.2) is 19.3 Å². The molecule has 4 rings (SSSR count). The molecular formula is C23H22ClNO5. The Balaban J connectivity index is 1.83. The molecule has 0 spiro atoms. The van der Waals surface area contributed by atoms with E-state index in [1.54, 1.807) is 25.1 Å². The Morgan fingerprint density at radius 1 is 1.23 bits per heavy atom. The van der Waals surface area contributed by atoms with Crippen LogP contribution in [0.3, 0.4) is 0 Å². The van der Waals surface area contributed by atoms with Gasteiger partial charge in [0.05, 0.1) is 35.0 Å². The first-order valence-electron chi connectivity index (χ1n) is 9.95. The molecule has 0 atom stereocenters. The molecule has 0 saturated carbocycles. The third-order valence-corrected chi connectivity index (χ3v) is 5.38. The molecule has 30 heavy (non-hydrogen) atoms. The van der Waals surface area contributed by atoms with Gasteiger partial charge in [-0.3, -0.25) is 0 Å². The van der Waals surface area contributed by atoms with Gasteiger partial charge in [-0.2, -0.15) is 0 Å². The zero-order valence-corrected chi connectivity index (χ0v) is 17.6. The Hall–Kier alpha value is -2.99. The summed E-state index contributed by atoms with van der Waals surface area (Å²) in [6.45, 7) is 4.69. The highest BCUT2D eigenvalue weighted by atomic mass is 35.5. The third-order valence-electron chi connectivity index (χ3n) is 5.09. The van der Waals surface area contributed by atoms with Crippen molar-refractivity contribution in [2.24, 2.45) is 0 Å². The lowest BCUT2D eigenvalue weighted by Gasteiger charge is -2.32. The van der Waals surface area contributed by atoms with E-state index in [2.05, 4.69) is 6.92 Å². The molecule has 0 N–H and O–H groups in total. The van der Waals surface area contributed by atoms with Gasteiger partial charge in [0.15, 0.2) is 6.73 Å². The predicted octanol–water partition coefficient (Wildman–Crippen LogP) is 4.93. The first kappa shape index (κ1) is 20.3. The van der Waals surface area contributed by atoms with Gasteiger partial charge in [0.1, 0.15) is 11.3 Å². The summed E-state index contributed by atoms with van der Waals surface area (Å²) in [5.74, 6) is 0.109. The number of fused-ring (bicyclic) bond motifs is 3. The summed E-state index contributed by atoms with van der Waals surface area (Å²) in [7, 11) is 0. The van der Waals surface area contributed by atoms with Gasteiger partial charge in [-0.05, 0) is 37.1 Å². The maximum atomic E-state index is 12.4. The Bertz CT molecular complexity index is 1170. The Morgan fingerprint density at radius 2 is 2.03 bits per heavy atom. The second kappa shape index (κ2) is 8.40. The van der Waals surface area contributed by atoms with E-state index in [4.69, 9.17) is 25.5 Å². The monoisotopic (exact) mass is 427 g/mol. The van der Waals surface area contributed by atoms with Gasteiger partial charge in [0.2, 0.25) is 0 Å². The molecular weight excluding hydrogens is 406 g/mol. The molecule has 0 saturated heterocycles. The van der Waals surface area contributed by atoms with Gasteiger partial charge in [-0.1, -0.05) is 37.1 Å². The SMILES string of the molecule is CCCc1cc(=O)oc2c3c(c(Cl)cc12)OCN(c1ccccc1C(=O)OCC)C3. The Labute approximate surface area is 179 Å². The summed E-state index contributed by atoms with van der Waals surface area (Å²) in [6, 6.07) is 10.5. The lowest BCUT2D eigenvalue weighted by atomic mass is 10.0. The zero-order valence-electron chi connectivity index (χ0n) is 16.9. The number of hydrogen-bond acceptors (Lipinski definition) is 6. The molecule has 0 fully saturated rings. The third kappa shape index (κ3) is 3.63. The van der Waals surface area contributed by atoms with E-state index in [1.807, 2.05) is 17.0 Å². The second-order valence-corrected chi connectivity index (χ2v) is 7.50. The van der Waals surface area contributed by atoms with Crippen molar-refractivity contribution in [1.29, 1.82) is 0 Å². The summed E-state index contributed by atoms with van der Waals surface area (Å²) >= 11 is 6.51. The van der Waals surface area contributed by atoms with Crippen LogP contribution in [0.15, 0.2) is 45.6 Å². The van der Waals surface area contributed by atoms with Crippen LogP contribution in [0.25, 0.3) is 11.0 Å². The number of carbonyl (C=O) groups is 1. The molecule has 3 aromatic rings. The van der Waals surface area contributed by atoms with E-state index >= 15 is 0 Å². The number of ether oxygens (including phenoxy) is 2. The average molecular weight is 428 g/mol. The molecule has 6 nitrogen and oxygen atoms in total. The van der Waals surface area contributed by atoms with Gasteiger partial charge < -0.3 is 18.8 Å². The normalized spacial score (nSPS) is 13.1. The molecule has 156 valence electrons. The number of benzene rings is 2. The van der Waals surface area contributed by atoms with Crippen LogP contribution in [0.4, 0.5) is 5.69 Å². The Kier molecular flexibility index (Phi) is 5.68. The largest absolute Gasteiger partial charge is 0.471 e. The van der Waals surface area contributed by atoms with Gasteiger partial charge in [0.25, 0.3) is 0 Å². The number of para-hydroxylation sites is 1. The molecule has 0 unspecified atom stereocenters. The minimum Gasteiger partial charge on any atom is -0.471 e. The molecule has 7 heteroatoms. The number of esters is 1. The van der Waals surface area contributed by atoms with Crippen LogP contribution in [0.5, 0.6) is 5.75 Å². The topological polar surface area (TPSA) is 69.0 Å². The van der Waals surface area contributed by atoms with Crippen LogP contribution in [0.2, 0.25) is 5.02 Å². The minimum atomic E-state index is -0.403. The standard InChI is InChI=1S/C23H22ClNO5/c1-3-7-14-10-20(26)30-21-16(14)11-18(24)22-17(21)12-25(13-29-22)19-9-6-5-8-15(19)23(27)28-4-2/h5-6,8-11H,3-4,7,12-13H2,1-2H3. The van der Waals surface area contributed by atoms with Crippen molar-refractivity contribution in [3.05, 3.63) is 68.5 Å². The summed E-state index contributed by atoms with van der Waals surface area (Å²) in [5, 5.41) is 1.28. The van der Waals surface area contributed by atoms with Gasteiger partial charge in [0, 0.05) is 11.5 Å². The summed E-state index contributed by atoms with van der Waals surface area (Å²) in [5.41, 5.74) is 2.80. The van der Waals surface area contributed by atoms with Crippen LogP contribution in [-0.2, 0) is 17.7 Å². The Morgan fingerprint density at radius 3 is 2.80 bits per heavy atom. The molecule has 1 aromatic heterocycles. The van der Waals surface area contributed by atoms with Crippen LogP contribution in [0, 0.1) is 0 Å². The first-order chi connectivity index (χ1) is 14.5. The van der Waals surface area contributed by atoms with Crippen LogP contribution >= 0.6 is 11.6 Å². The number of hydrogen-bond donors (Lipinski definition) is 0. The van der Waals surface area contributed by atoms with Crippen molar-refractivity contribution >= 4 is 34.2 Å². The van der Waals surface area contributed by atoms with Gasteiger partial charge >= 0.3 is 11.6 Å². The van der Waals surface area contributed by atoms with Gasteiger partial charge in [-0.25, -0.2) is 9.59 Å². The fourth-order valence-corrected chi connectivity index (χ4v) is 4.09. The summed E-state index contributed by atoms with van der Waals surface area (Å²) in [6.07, 6.45) is 1.64. The van der Waals surface area contributed by atoms with E-state index < -0.39 is 11.6 Å². The summed E-state index contributed by atoms with van der Waals surface area (Å²) < 4.78 is 16.7. The van der Waals surface area contributed by atoms with Crippen molar-refractivity contribution in [3.63, 3.8) is 0 Å². The molecule has 1 aliphatic heterocycles. The molecule has 0 radical (unpaired) electrons. The fraction of sp³-hybridized carbons (Fsp3) is 0.304. The first-order valence-corrected chi connectivity index (χ1v) is 10.3. The maximum Gasteiger partial charge on any atom is 0.340 e. The highest BCUT2D eigenvalue weighted by molar-refractivity contribution is 6.33. The van der Waals surface area contributed by atoms with Crippen molar-refractivity contribution < 1.29 is 18.7 Å². The molecule has 2 heterocycles. The van der Waals surface area contributed by atoms with Gasteiger partial charge in [-0.15, -0.1) is 0 Å². The number of nitrogens with zero attached hydrogens (tertiary/aromatic N) is 1. The molecule has 2 aromatic carbocycles. The predicted molar refractivity (Wildman–Crippen MR) is 116 cm³/mol. The van der Waals surface area contributed by atoms with Crippen LogP contribution in [0.1, 0.15) is 41.8 Å². The van der Waals surface area contributed by atoms with E-state index in [-0.39, 0.29) is 13.3 Å². The van der Waals surface area contributed by atoms with E-state index in [0.717, 1.165) is 23.8 Å². The average Bonchev–Trinajstić information content (AvgIpc) is 2.75. The number of anilines is 1. The number of halogens is 1. The van der Waals surface area contributed by atoms with Crippen molar-refractivity contribution in [1.82, 2.24) is 0 Å².